The standard InChI is InChI=1S/C21H32N4O3.2ClH/c1-28-18-7-5-17(6-8-18)19(26)23-11-12-24-13-15-25(16-14-24)20(27)21(22)9-3-2-4-10-21;;/h5-8H,2-4,9-16,22H2,1H3,(H,23,26);2*1H. The van der Waals surface area contributed by atoms with Crippen LogP contribution >= 0.6 is 24.8 Å². The third-order valence-electron chi connectivity index (χ3n) is 5.90. The largest absolute Gasteiger partial charge is 0.497 e. The second kappa shape index (κ2) is 12.3. The van der Waals surface area contributed by atoms with Gasteiger partial charge in [0.25, 0.3) is 5.91 Å². The third-order valence-corrected chi connectivity index (χ3v) is 5.90. The summed E-state index contributed by atoms with van der Waals surface area (Å²) < 4.78 is 5.11. The number of ether oxygens (including phenoxy) is 1. The monoisotopic (exact) mass is 460 g/mol. The van der Waals surface area contributed by atoms with Gasteiger partial charge in [0, 0.05) is 44.8 Å². The first kappa shape index (κ1) is 26.5. The number of methoxy groups -OCH3 is 1. The minimum atomic E-state index is -0.646. The molecule has 2 aliphatic rings. The summed E-state index contributed by atoms with van der Waals surface area (Å²) in [5.74, 6) is 0.773. The van der Waals surface area contributed by atoms with Crippen molar-refractivity contribution in [2.24, 2.45) is 5.73 Å². The molecule has 3 rings (SSSR count). The van der Waals surface area contributed by atoms with Gasteiger partial charge in [0.1, 0.15) is 5.75 Å². The maximum Gasteiger partial charge on any atom is 0.251 e. The lowest BCUT2D eigenvalue weighted by Gasteiger charge is -2.41. The summed E-state index contributed by atoms with van der Waals surface area (Å²) in [4.78, 5) is 29.2. The van der Waals surface area contributed by atoms with E-state index >= 15 is 0 Å². The molecule has 1 aliphatic heterocycles. The summed E-state index contributed by atoms with van der Waals surface area (Å²) in [5, 5.41) is 2.95. The van der Waals surface area contributed by atoms with E-state index in [0.717, 1.165) is 51.1 Å². The molecule has 1 aromatic rings. The predicted octanol–water partition coefficient (Wildman–Crippen LogP) is 2.07. The van der Waals surface area contributed by atoms with Gasteiger partial charge in [0.15, 0.2) is 0 Å². The van der Waals surface area contributed by atoms with Crippen LogP contribution in [0.1, 0.15) is 42.5 Å². The number of halogens is 2. The van der Waals surface area contributed by atoms with Gasteiger partial charge in [-0.2, -0.15) is 0 Å². The van der Waals surface area contributed by atoms with Crippen molar-refractivity contribution in [3.63, 3.8) is 0 Å². The first-order valence-electron chi connectivity index (χ1n) is 10.2. The highest BCUT2D eigenvalue weighted by Crippen LogP contribution is 2.28. The van der Waals surface area contributed by atoms with Gasteiger partial charge in [-0.3, -0.25) is 14.5 Å². The maximum absolute atomic E-state index is 12.8. The number of nitrogens with two attached hydrogens (primary N) is 1. The summed E-state index contributed by atoms with van der Waals surface area (Å²) in [5.41, 5.74) is 6.37. The molecular weight excluding hydrogens is 427 g/mol. The van der Waals surface area contributed by atoms with Crippen LogP contribution in [0.15, 0.2) is 24.3 Å². The zero-order chi connectivity index (χ0) is 20.0. The van der Waals surface area contributed by atoms with E-state index in [4.69, 9.17) is 10.5 Å². The molecule has 1 aliphatic carbocycles. The van der Waals surface area contributed by atoms with Gasteiger partial charge < -0.3 is 20.7 Å². The molecular formula is C21H34Cl2N4O3. The van der Waals surface area contributed by atoms with Gasteiger partial charge in [0.2, 0.25) is 5.91 Å². The van der Waals surface area contributed by atoms with Gasteiger partial charge in [0.05, 0.1) is 12.6 Å². The average Bonchev–Trinajstić information content (AvgIpc) is 2.74. The van der Waals surface area contributed by atoms with Crippen molar-refractivity contribution in [1.29, 1.82) is 0 Å². The van der Waals surface area contributed by atoms with E-state index < -0.39 is 5.54 Å². The minimum absolute atomic E-state index is 0. The van der Waals surface area contributed by atoms with Gasteiger partial charge >= 0.3 is 0 Å². The fourth-order valence-corrected chi connectivity index (χ4v) is 4.06. The number of amides is 2. The Balaban J connectivity index is 0.00000225. The van der Waals surface area contributed by atoms with Crippen LogP contribution in [0.5, 0.6) is 5.75 Å². The zero-order valence-electron chi connectivity index (χ0n) is 17.6. The summed E-state index contributed by atoms with van der Waals surface area (Å²) in [6.07, 6.45) is 4.90. The number of piperazine rings is 1. The number of hydrogen-bond acceptors (Lipinski definition) is 5. The van der Waals surface area contributed by atoms with Crippen LogP contribution in [-0.4, -0.2) is 73.5 Å². The highest BCUT2D eigenvalue weighted by atomic mass is 35.5. The number of carbonyl (C=O) groups excluding carboxylic acids is 2. The Kier molecular flexibility index (Phi) is 10.9. The molecule has 30 heavy (non-hydrogen) atoms. The van der Waals surface area contributed by atoms with Crippen molar-refractivity contribution >= 4 is 36.6 Å². The molecule has 3 N–H and O–H groups in total. The Morgan fingerprint density at radius 1 is 1.03 bits per heavy atom. The molecule has 170 valence electrons. The van der Waals surface area contributed by atoms with Crippen LogP contribution in [0, 0.1) is 0 Å². The molecule has 1 heterocycles. The van der Waals surface area contributed by atoms with Gasteiger partial charge in [-0.05, 0) is 37.1 Å². The van der Waals surface area contributed by atoms with Crippen molar-refractivity contribution in [3.8, 4) is 5.75 Å². The number of nitrogens with one attached hydrogen (secondary N) is 1. The fourth-order valence-electron chi connectivity index (χ4n) is 4.06. The van der Waals surface area contributed by atoms with E-state index in [9.17, 15) is 9.59 Å². The smallest absolute Gasteiger partial charge is 0.251 e. The molecule has 2 fully saturated rings. The number of carbonyl (C=O) groups is 2. The van der Waals surface area contributed by atoms with Crippen molar-refractivity contribution in [2.45, 2.75) is 37.6 Å². The molecule has 0 bridgehead atoms. The normalized spacial score (nSPS) is 18.5. The van der Waals surface area contributed by atoms with E-state index in [1.54, 1.807) is 31.4 Å². The maximum atomic E-state index is 12.8. The Hall–Kier alpha value is -1.54. The van der Waals surface area contributed by atoms with E-state index in [1.165, 1.54) is 6.42 Å². The van der Waals surface area contributed by atoms with Crippen LogP contribution in [0.3, 0.4) is 0 Å². The van der Waals surface area contributed by atoms with E-state index in [-0.39, 0.29) is 36.6 Å². The second-order valence-electron chi connectivity index (χ2n) is 7.84. The second-order valence-corrected chi connectivity index (χ2v) is 7.84. The highest BCUT2D eigenvalue weighted by molar-refractivity contribution is 5.94. The number of rotatable bonds is 6. The molecule has 1 saturated carbocycles. The molecule has 0 aromatic heterocycles. The van der Waals surface area contributed by atoms with Crippen LogP contribution in [0.2, 0.25) is 0 Å². The highest BCUT2D eigenvalue weighted by Gasteiger charge is 2.39. The van der Waals surface area contributed by atoms with Crippen molar-refractivity contribution < 1.29 is 14.3 Å². The van der Waals surface area contributed by atoms with Crippen molar-refractivity contribution in [3.05, 3.63) is 29.8 Å². The van der Waals surface area contributed by atoms with Crippen LogP contribution in [0.25, 0.3) is 0 Å². The lowest BCUT2D eigenvalue weighted by molar-refractivity contribution is -0.140. The lowest BCUT2D eigenvalue weighted by atomic mass is 9.81. The molecule has 0 atom stereocenters. The molecule has 7 nitrogen and oxygen atoms in total. The van der Waals surface area contributed by atoms with E-state index in [1.807, 2.05) is 4.90 Å². The zero-order valence-corrected chi connectivity index (χ0v) is 19.2. The quantitative estimate of drug-likeness (QED) is 0.678. The molecule has 0 unspecified atom stereocenters. The minimum Gasteiger partial charge on any atom is -0.497 e. The van der Waals surface area contributed by atoms with Gasteiger partial charge in [-0.1, -0.05) is 19.3 Å². The van der Waals surface area contributed by atoms with Crippen molar-refractivity contribution in [2.75, 3.05) is 46.4 Å². The van der Waals surface area contributed by atoms with Crippen molar-refractivity contribution in [1.82, 2.24) is 15.1 Å². The van der Waals surface area contributed by atoms with E-state index in [2.05, 4.69) is 10.2 Å². The Labute approximate surface area is 191 Å². The third kappa shape index (κ3) is 6.74. The SMILES string of the molecule is COc1ccc(C(=O)NCCN2CCN(C(=O)C3(N)CCCCC3)CC2)cc1.Cl.Cl. The average molecular weight is 461 g/mol. The topological polar surface area (TPSA) is 87.9 Å². The number of nitrogens with zero attached hydrogens (tertiary/aromatic N) is 2. The first-order chi connectivity index (χ1) is 13.5. The number of benzene rings is 1. The summed E-state index contributed by atoms with van der Waals surface area (Å²) in [6, 6.07) is 7.07. The molecule has 9 heteroatoms. The van der Waals surface area contributed by atoms with Crippen LogP contribution < -0.4 is 15.8 Å². The molecule has 1 saturated heterocycles. The molecule has 1 aromatic carbocycles. The first-order valence-corrected chi connectivity index (χ1v) is 10.2. The Morgan fingerprint density at radius 2 is 1.63 bits per heavy atom. The summed E-state index contributed by atoms with van der Waals surface area (Å²) in [6.45, 7) is 4.42. The lowest BCUT2D eigenvalue weighted by Crippen LogP contribution is -2.60. The van der Waals surface area contributed by atoms with Gasteiger partial charge in [-0.25, -0.2) is 0 Å². The van der Waals surface area contributed by atoms with E-state index in [0.29, 0.717) is 25.2 Å². The predicted molar refractivity (Wildman–Crippen MR) is 123 cm³/mol. The molecule has 2 amide bonds. The molecule has 0 radical (unpaired) electrons. The fraction of sp³-hybridized carbons (Fsp3) is 0.619. The Bertz CT molecular complexity index is 673. The molecule has 0 spiro atoms. The van der Waals surface area contributed by atoms with Crippen LogP contribution in [0.4, 0.5) is 0 Å². The Morgan fingerprint density at radius 3 is 2.20 bits per heavy atom. The van der Waals surface area contributed by atoms with Crippen LogP contribution in [-0.2, 0) is 4.79 Å². The summed E-state index contributed by atoms with van der Waals surface area (Å²) >= 11 is 0. The summed E-state index contributed by atoms with van der Waals surface area (Å²) in [7, 11) is 1.60. The number of hydrogen-bond donors (Lipinski definition) is 2. The van der Waals surface area contributed by atoms with Gasteiger partial charge in [-0.15, -0.1) is 24.8 Å².